The summed E-state index contributed by atoms with van der Waals surface area (Å²) in [5.41, 5.74) is 0. The van der Waals surface area contributed by atoms with E-state index in [0.717, 1.165) is 57.8 Å². The van der Waals surface area contributed by atoms with Gasteiger partial charge in [0.05, 0.1) is 13.2 Å². The van der Waals surface area contributed by atoms with Crippen molar-refractivity contribution in [1.29, 1.82) is 0 Å². The number of carboxylic acids is 1. The summed E-state index contributed by atoms with van der Waals surface area (Å²) in [6.45, 7) is 2.33. The lowest BCUT2D eigenvalue weighted by Gasteiger charge is -2.18. The molecule has 12 heteroatoms. The lowest BCUT2D eigenvalue weighted by Crippen LogP contribution is -2.43. The van der Waals surface area contributed by atoms with Gasteiger partial charge in [0.2, 0.25) is 5.91 Å². The number of nitrogens with one attached hydrogen (secondary N) is 1. The molecule has 228 valence electrons. The number of ether oxygens (including phenoxy) is 1. The Morgan fingerprint density at radius 2 is 1.36 bits per heavy atom. The Morgan fingerprint density at radius 3 is 2.03 bits per heavy atom. The SMILES string of the molecule is CCCC/C=C\CCCCCCCC(=O)NC(COP(=O)(O)OCC(O)COC(=O)CCCCCC)C(=O)O. The summed E-state index contributed by atoms with van der Waals surface area (Å²) >= 11 is 0. The molecule has 39 heavy (non-hydrogen) atoms. The molecule has 0 saturated heterocycles. The largest absolute Gasteiger partial charge is 0.480 e. The highest BCUT2D eigenvalue weighted by atomic mass is 31.2. The van der Waals surface area contributed by atoms with Crippen molar-refractivity contribution in [2.24, 2.45) is 0 Å². The predicted molar refractivity (Wildman–Crippen MR) is 148 cm³/mol. The van der Waals surface area contributed by atoms with Crippen molar-refractivity contribution in [3.8, 4) is 0 Å². The van der Waals surface area contributed by atoms with Crippen molar-refractivity contribution >= 4 is 25.7 Å². The molecule has 0 aromatic rings. The molecule has 0 aromatic heterocycles. The van der Waals surface area contributed by atoms with Gasteiger partial charge in [0.1, 0.15) is 12.7 Å². The van der Waals surface area contributed by atoms with Crippen LogP contribution in [0.3, 0.4) is 0 Å². The Labute approximate surface area is 233 Å². The van der Waals surface area contributed by atoms with Crippen molar-refractivity contribution in [3.63, 3.8) is 0 Å². The molecule has 1 amide bonds. The maximum Gasteiger partial charge on any atom is 0.472 e. The molecule has 0 aromatic carbocycles. The van der Waals surface area contributed by atoms with Crippen molar-refractivity contribution in [2.75, 3.05) is 19.8 Å². The van der Waals surface area contributed by atoms with Gasteiger partial charge in [-0.2, -0.15) is 0 Å². The highest BCUT2D eigenvalue weighted by Gasteiger charge is 2.28. The Bertz CT molecular complexity index is 746. The number of carboxylic acid groups (broad SMARTS) is 1. The smallest absolute Gasteiger partial charge is 0.472 e. The fourth-order valence-corrected chi connectivity index (χ4v) is 4.24. The fraction of sp³-hybridized carbons (Fsp3) is 0.815. The first-order valence-corrected chi connectivity index (χ1v) is 15.7. The summed E-state index contributed by atoms with van der Waals surface area (Å²) in [6.07, 6.45) is 16.2. The number of esters is 1. The molecule has 0 saturated carbocycles. The van der Waals surface area contributed by atoms with Crippen molar-refractivity contribution in [1.82, 2.24) is 5.32 Å². The Morgan fingerprint density at radius 1 is 0.795 bits per heavy atom. The number of unbranched alkanes of at least 4 members (excludes halogenated alkanes) is 10. The molecule has 0 aliphatic heterocycles. The second-order valence-electron chi connectivity index (χ2n) is 9.59. The summed E-state index contributed by atoms with van der Waals surface area (Å²) in [5.74, 6) is -2.41. The molecule has 0 bridgehead atoms. The average molecular weight is 580 g/mol. The first-order valence-electron chi connectivity index (χ1n) is 14.2. The van der Waals surface area contributed by atoms with Gasteiger partial charge in [0, 0.05) is 12.8 Å². The molecule has 0 aliphatic rings. The molecular formula is C27H50NO10P. The van der Waals surface area contributed by atoms with E-state index in [2.05, 4.69) is 40.4 Å². The number of carbonyl (C=O) groups is 3. The Kier molecular flexibility index (Phi) is 23.0. The van der Waals surface area contributed by atoms with Crippen LogP contribution in [0.4, 0.5) is 0 Å². The number of carbonyl (C=O) groups excluding carboxylic acids is 2. The molecule has 0 radical (unpaired) electrons. The number of allylic oxidation sites excluding steroid dienone is 2. The van der Waals surface area contributed by atoms with Crippen LogP contribution in [-0.4, -0.2) is 64.9 Å². The first-order chi connectivity index (χ1) is 18.6. The van der Waals surface area contributed by atoms with E-state index in [1.807, 2.05) is 0 Å². The molecule has 3 atom stereocenters. The standard InChI is InChI=1S/C27H50NO10P/c1-3-5-7-9-10-11-12-13-14-15-16-18-25(30)28-24(27(32)33)22-38-39(34,35)37-21-23(29)20-36-26(31)19-17-8-6-4-2/h9-10,23-24,29H,3-8,11-22H2,1-2H3,(H,28,30)(H,32,33)(H,34,35)/b10-9-. The minimum Gasteiger partial charge on any atom is -0.480 e. The number of hydrogen-bond donors (Lipinski definition) is 4. The number of aliphatic hydroxyl groups excluding tert-OH is 1. The quantitative estimate of drug-likeness (QED) is 0.0471. The third-order valence-corrected chi connectivity index (χ3v) is 6.76. The predicted octanol–water partition coefficient (Wildman–Crippen LogP) is 5.04. The van der Waals surface area contributed by atoms with E-state index in [4.69, 9.17) is 4.74 Å². The van der Waals surface area contributed by atoms with Crippen LogP contribution in [0.15, 0.2) is 12.2 Å². The van der Waals surface area contributed by atoms with Crippen LogP contribution in [0.2, 0.25) is 0 Å². The molecule has 0 heterocycles. The van der Waals surface area contributed by atoms with E-state index in [9.17, 15) is 34.1 Å². The third kappa shape index (κ3) is 23.8. The lowest BCUT2D eigenvalue weighted by molar-refractivity contribution is -0.147. The van der Waals surface area contributed by atoms with Crippen molar-refractivity contribution < 1.29 is 47.8 Å². The maximum absolute atomic E-state index is 12.1. The van der Waals surface area contributed by atoms with Gasteiger partial charge < -0.3 is 25.2 Å². The Hall–Kier alpha value is -1.78. The molecule has 0 fully saturated rings. The molecule has 4 N–H and O–H groups in total. The number of phosphoric acid groups is 1. The van der Waals surface area contributed by atoms with Crippen LogP contribution in [0.1, 0.15) is 110 Å². The van der Waals surface area contributed by atoms with E-state index >= 15 is 0 Å². The van der Waals surface area contributed by atoms with Crippen molar-refractivity contribution in [3.05, 3.63) is 12.2 Å². The third-order valence-electron chi connectivity index (χ3n) is 5.80. The zero-order chi connectivity index (χ0) is 29.4. The molecule has 0 rings (SSSR count). The second kappa shape index (κ2) is 24.1. The van der Waals surface area contributed by atoms with Crippen LogP contribution in [0.5, 0.6) is 0 Å². The van der Waals surface area contributed by atoms with E-state index in [0.29, 0.717) is 12.8 Å². The highest BCUT2D eigenvalue weighted by molar-refractivity contribution is 7.47. The summed E-state index contributed by atoms with van der Waals surface area (Å²) in [5, 5.41) is 21.4. The van der Waals surface area contributed by atoms with Crippen LogP contribution in [-0.2, 0) is 32.7 Å². The molecule has 11 nitrogen and oxygen atoms in total. The van der Waals surface area contributed by atoms with Crippen LogP contribution in [0, 0.1) is 0 Å². The average Bonchev–Trinajstić information content (AvgIpc) is 2.89. The lowest BCUT2D eigenvalue weighted by atomic mass is 10.1. The van der Waals surface area contributed by atoms with Gasteiger partial charge in [-0.25, -0.2) is 9.36 Å². The minimum absolute atomic E-state index is 0.136. The van der Waals surface area contributed by atoms with Crippen LogP contribution < -0.4 is 5.32 Å². The number of aliphatic hydroxyl groups is 1. The van der Waals surface area contributed by atoms with Gasteiger partial charge in [0.15, 0.2) is 6.04 Å². The van der Waals surface area contributed by atoms with Gasteiger partial charge in [-0.05, 0) is 32.1 Å². The summed E-state index contributed by atoms with van der Waals surface area (Å²) in [4.78, 5) is 44.9. The van der Waals surface area contributed by atoms with E-state index in [1.54, 1.807) is 0 Å². The summed E-state index contributed by atoms with van der Waals surface area (Å²) < 4.78 is 26.3. The monoisotopic (exact) mass is 579 g/mol. The maximum atomic E-state index is 12.1. The number of rotatable bonds is 26. The molecule has 0 aliphatic carbocycles. The van der Waals surface area contributed by atoms with Gasteiger partial charge in [-0.1, -0.05) is 77.4 Å². The topological polar surface area (TPSA) is 169 Å². The fourth-order valence-electron chi connectivity index (χ4n) is 3.47. The molecule has 3 unspecified atom stereocenters. The minimum atomic E-state index is -4.72. The zero-order valence-electron chi connectivity index (χ0n) is 23.7. The van der Waals surface area contributed by atoms with Gasteiger partial charge in [-0.15, -0.1) is 0 Å². The highest BCUT2D eigenvalue weighted by Crippen LogP contribution is 2.43. The van der Waals surface area contributed by atoms with E-state index < -0.39 is 57.6 Å². The van der Waals surface area contributed by atoms with E-state index in [1.165, 1.54) is 12.8 Å². The number of phosphoric ester groups is 1. The van der Waals surface area contributed by atoms with Gasteiger partial charge in [0.25, 0.3) is 0 Å². The normalized spacial score (nSPS) is 14.6. The first kappa shape index (κ1) is 37.2. The number of aliphatic carboxylic acids is 1. The van der Waals surface area contributed by atoms with Crippen LogP contribution in [0.25, 0.3) is 0 Å². The Balaban J connectivity index is 4.13. The molecular weight excluding hydrogens is 529 g/mol. The van der Waals surface area contributed by atoms with Gasteiger partial charge in [-0.3, -0.25) is 18.6 Å². The van der Waals surface area contributed by atoms with E-state index in [-0.39, 0.29) is 12.8 Å². The summed E-state index contributed by atoms with van der Waals surface area (Å²) in [6, 6.07) is -1.54. The summed E-state index contributed by atoms with van der Waals surface area (Å²) in [7, 11) is -4.72. The van der Waals surface area contributed by atoms with Gasteiger partial charge >= 0.3 is 19.8 Å². The molecule has 0 spiro atoms. The van der Waals surface area contributed by atoms with Crippen molar-refractivity contribution in [2.45, 2.75) is 122 Å². The zero-order valence-corrected chi connectivity index (χ0v) is 24.6. The van der Waals surface area contributed by atoms with Crippen LogP contribution >= 0.6 is 7.82 Å². The number of hydrogen-bond acceptors (Lipinski definition) is 8. The number of amides is 1. The second-order valence-corrected chi connectivity index (χ2v) is 11.0.